The molecule has 0 radical (unpaired) electrons. The van der Waals surface area contributed by atoms with Crippen LogP contribution in [0.25, 0.3) is 0 Å². The van der Waals surface area contributed by atoms with E-state index in [2.05, 4.69) is 11.8 Å². The minimum Gasteiger partial charge on any atom is -0.465 e. The number of aliphatic hydroxyl groups is 1. The summed E-state index contributed by atoms with van der Waals surface area (Å²) in [5, 5.41) is 20.1. The maximum Gasteiger partial charge on any atom is 0.417 e. The Bertz CT molecular complexity index is 608. The van der Waals surface area contributed by atoms with E-state index in [4.69, 9.17) is 16.7 Å². The molecule has 2 atom stereocenters. The minimum atomic E-state index is -4.59. The molecule has 8 heteroatoms. The van der Waals surface area contributed by atoms with Gasteiger partial charge in [0, 0.05) is 17.0 Å². The lowest BCUT2D eigenvalue weighted by Gasteiger charge is -2.16. The highest BCUT2D eigenvalue weighted by molar-refractivity contribution is 6.30. The molecule has 4 nitrogen and oxygen atoms in total. The summed E-state index contributed by atoms with van der Waals surface area (Å²) >= 11 is 5.55. The minimum absolute atomic E-state index is 0.0582. The summed E-state index contributed by atoms with van der Waals surface area (Å²) in [4.78, 5) is 10.4. The fourth-order valence-electron chi connectivity index (χ4n) is 1.58. The Balaban J connectivity index is 2.87. The van der Waals surface area contributed by atoms with E-state index in [0.717, 1.165) is 12.1 Å². The Hall–Kier alpha value is -1.91. The van der Waals surface area contributed by atoms with Gasteiger partial charge >= 0.3 is 12.3 Å². The van der Waals surface area contributed by atoms with Crippen LogP contribution < -0.4 is 5.32 Å². The second kappa shape index (κ2) is 7.38. The number of halogens is 4. The first kappa shape index (κ1) is 18.1. The van der Waals surface area contributed by atoms with Gasteiger partial charge in [0.2, 0.25) is 0 Å². The zero-order valence-electron chi connectivity index (χ0n) is 11.4. The van der Waals surface area contributed by atoms with Gasteiger partial charge in [0.05, 0.1) is 17.7 Å². The fourth-order valence-corrected chi connectivity index (χ4v) is 1.75. The van der Waals surface area contributed by atoms with Gasteiger partial charge in [-0.15, -0.1) is 0 Å². The number of benzene rings is 1. The largest absolute Gasteiger partial charge is 0.465 e. The molecule has 0 unspecified atom stereocenters. The molecular weight excluding hydrogens is 323 g/mol. The average molecular weight is 336 g/mol. The Morgan fingerprint density at radius 1 is 1.45 bits per heavy atom. The lowest BCUT2D eigenvalue weighted by molar-refractivity contribution is -0.137. The van der Waals surface area contributed by atoms with Crippen LogP contribution in [0.15, 0.2) is 18.2 Å². The van der Waals surface area contributed by atoms with Crippen LogP contribution in [-0.2, 0) is 6.18 Å². The van der Waals surface area contributed by atoms with Crippen molar-refractivity contribution in [2.24, 2.45) is 0 Å². The van der Waals surface area contributed by atoms with E-state index in [0.29, 0.717) is 0 Å². The molecule has 0 aliphatic carbocycles. The molecule has 0 aliphatic rings. The number of alkyl halides is 3. The molecule has 0 aromatic heterocycles. The molecule has 0 fully saturated rings. The van der Waals surface area contributed by atoms with Gasteiger partial charge in [-0.3, -0.25) is 0 Å². The van der Waals surface area contributed by atoms with E-state index in [-0.39, 0.29) is 17.0 Å². The molecule has 0 aliphatic heterocycles. The number of amides is 1. The van der Waals surface area contributed by atoms with Gasteiger partial charge in [-0.25, -0.2) is 4.79 Å². The highest BCUT2D eigenvalue weighted by Gasteiger charge is 2.33. The number of aliphatic hydroxyl groups excluding tert-OH is 1. The summed E-state index contributed by atoms with van der Waals surface area (Å²) in [6.45, 7) is 1.42. The molecule has 0 bridgehead atoms. The topological polar surface area (TPSA) is 69.6 Å². The predicted octanol–water partition coefficient (Wildman–Crippen LogP) is 3.12. The van der Waals surface area contributed by atoms with Crippen molar-refractivity contribution in [3.8, 4) is 11.8 Å². The summed E-state index contributed by atoms with van der Waals surface area (Å²) in [5.41, 5.74) is -1.22. The highest BCUT2D eigenvalue weighted by atomic mass is 35.5. The molecule has 120 valence electrons. The van der Waals surface area contributed by atoms with Gasteiger partial charge in [0.1, 0.15) is 0 Å². The van der Waals surface area contributed by atoms with Gasteiger partial charge in [-0.2, -0.15) is 13.2 Å². The maximum atomic E-state index is 12.8. The zero-order valence-corrected chi connectivity index (χ0v) is 12.2. The van der Waals surface area contributed by atoms with E-state index in [1.165, 1.54) is 13.0 Å². The van der Waals surface area contributed by atoms with Crippen LogP contribution >= 0.6 is 11.6 Å². The second-order valence-electron chi connectivity index (χ2n) is 4.50. The summed E-state index contributed by atoms with van der Waals surface area (Å²) in [7, 11) is 0. The second-order valence-corrected chi connectivity index (χ2v) is 4.94. The van der Waals surface area contributed by atoms with Crippen LogP contribution in [0.3, 0.4) is 0 Å². The van der Waals surface area contributed by atoms with Crippen molar-refractivity contribution in [1.82, 2.24) is 5.32 Å². The smallest absolute Gasteiger partial charge is 0.417 e. The van der Waals surface area contributed by atoms with Crippen molar-refractivity contribution in [3.63, 3.8) is 0 Å². The van der Waals surface area contributed by atoms with Crippen LogP contribution in [0.2, 0.25) is 5.02 Å². The van der Waals surface area contributed by atoms with Gasteiger partial charge in [0.25, 0.3) is 0 Å². The number of carbonyl (C=O) groups is 1. The summed E-state index contributed by atoms with van der Waals surface area (Å²) in [6, 6.07) is 2.41. The van der Waals surface area contributed by atoms with Gasteiger partial charge < -0.3 is 15.5 Å². The molecule has 0 saturated heterocycles. The Kier molecular flexibility index (Phi) is 6.09. The zero-order chi connectivity index (χ0) is 16.9. The van der Waals surface area contributed by atoms with E-state index in [1.807, 2.05) is 5.32 Å². The van der Waals surface area contributed by atoms with Crippen LogP contribution in [0.4, 0.5) is 18.0 Å². The van der Waals surface area contributed by atoms with E-state index in [9.17, 15) is 23.1 Å². The molecule has 1 rings (SSSR count). The lowest BCUT2D eigenvalue weighted by Crippen LogP contribution is -2.40. The number of nitrogens with one attached hydrogen (secondary N) is 1. The van der Waals surface area contributed by atoms with Gasteiger partial charge in [-0.1, -0.05) is 23.4 Å². The maximum absolute atomic E-state index is 12.8. The number of hydrogen-bond donors (Lipinski definition) is 3. The normalized spacial score (nSPS) is 13.7. The molecule has 3 N–H and O–H groups in total. The van der Waals surface area contributed by atoms with Crippen LogP contribution in [0, 0.1) is 11.8 Å². The third kappa shape index (κ3) is 5.47. The SMILES string of the molecule is C[C@H](NC(=O)O)[C@H](O)CC#Cc1ccc(Cl)cc1C(F)(F)F. The molecule has 1 amide bonds. The quantitative estimate of drug-likeness (QED) is 0.743. The van der Waals surface area contributed by atoms with E-state index < -0.39 is 30.0 Å². The first-order chi connectivity index (χ1) is 10.1. The van der Waals surface area contributed by atoms with Crippen molar-refractivity contribution in [1.29, 1.82) is 0 Å². The molecular formula is C14H13ClF3NO3. The third-order valence-electron chi connectivity index (χ3n) is 2.75. The van der Waals surface area contributed by atoms with Crippen molar-refractivity contribution in [2.75, 3.05) is 0 Å². The predicted molar refractivity (Wildman–Crippen MR) is 74.6 cm³/mol. The first-order valence-electron chi connectivity index (χ1n) is 6.14. The molecule has 0 saturated carbocycles. The van der Waals surface area contributed by atoms with Gasteiger partial charge in [-0.05, 0) is 25.1 Å². The van der Waals surface area contributed by atoms with Gasteiger partial charge in [0.15, 0.2) is 0 Å². The fraction of sp³-hybridized carbons (Fsp3) is 0.357. The Morgan fingerprint density at radius 2 is 2.09 bits per heavy atom. The third-order valence-corrected chi connectivity index (χ3v) is 2.98. The Labute approximate surface area is 129 Å². The van der Waals surface area contributed by atoms with Crippen molar-refractivity contribution in [3.05, 3.63) is 34.3 Å². The number of carboxylic acid groups (broad SMARTS) is 1. The monoisotopic (exact) mass is 335 g/mol. The van der Waals surface area contributed by atoms with Crippen LogP contribution in [-0.4, -0.2) is 28.5 Å². The standard InChI is InChI=1S/C14H13ClF3NO3/c1-8(19-13(21)22)12(20)4-2-3-9-5-6-10(15)7-11(9)14(16,17)18/h5-8,12,19-20H,4H2,1H3,(H,21,22)/t8-,12+/m0/s1. The highest BCUT2D eigenvalue weighted by Crippen LogP contribution is 2.33. The molecule has 1 aromatic carbocycles. The summed E-state index contributed by atoms with van der Waals surface area (Å²) in [6.07, 6.45) is -7.21. The van der Waals surface area contributed by atoms with Crippen molar-refractivity contribution >= 4 is 17.7 Å². The molecule has 1 aromatic rings. The average Bonchev–Trinajstić information content (AvgIpc) is 2.38. The van der Waals surface area contributed by atoms with Crippen LogP contribution in [0.5, 0.6) is 0 Å². The number of rotatable bonds is 3. The molecule has 22 heavy (non-hydrogen) atoms. The first-order valence-corrected chi connectivity index (χ1v) is 6.52. The summed E-state index contributed by atoms with van der Waals surface area (Å²) < 4.78 is 38.5. The van der Waals surface area contributed by atoms with Crippen molar-refractivity contribution in [2.45, 2.75) is 31.7 Å². The Morgan fingerprint density at radius 3 is 2.64 bits per heavy atom. The van der Waals surface area contributed by atoms with Crippen molar-refractivity contribution < 1.29 is 28.2 Å². The van der Waals surface area contributed by atoms with E-state index >= 15 is 0 Å². The molecule has 0 spiro atoms. The number of hydrogen-bond acceptors (Lipinski definition) is 2. The summed E-state index contributed by atoms with van der Waals surface area (Å²) in [5.74, 6) is 4.73. The van der Waals surface area contributed by atoms with Crippen LogP contribution in [0.1, 0.15) is 24.5 Å². The molecule has 0 heterocycles. The van der Waals surface area contributed by atoms with E-state index in [1.54, 1.807) is 0 Å². The lowest BCUT2D eigenvalue weighted by atomic mass is 10.1.